The zero-order valence-electron chi connectivity index (χ0n) is 12.6. The smallest absolute Gasteiger partial charge is 0.188 e. The van der Waals surface area contributed by atoms with Crippen LogP contribution in [0.3, 0.4) is 0 Å². The van der Waals surface area contributed by atoms with Crippen LogP contribution in [0, 0.1) is 0 Å². The number of halogens is 1. The van der Waals surface area contributed by atoms with Gasteiger partial charge in [-0.1, -0.05) is 12.1 Å². The van der Waals surface area contributed by atoms with Crippen LogP contribution in [0.4, 0.5) is 0 Å². The molecule has 0 bridgehead atoms. The summed E-state index contributed by atoms with van der Waals surface area (Å²) < 4.78 is 6.19. The van der Waals surface area contributed by atoms with Crippen LogP contribution in [0.15, 0.2) is 38.6 Å². The summed E-state index contributed by atoms with van der Waals surface area (Å²) in [7, 11) is 1.67. The average molecular weight is 374 g/mol. The summed E-state index contributed by atoms with van der Waals surface area (Å²) in [5.74, 6) is 1.59. The predicted molar refractivity (Wildman–Crippen MR) is 95.1 cm³/mol. The fourth-order valence-corrected chi connectivity index (χ4v) is 3.32. The molecule has 0 radical (unpaired) electrons. The third-order valence-electron chi connectivity index (χ3n) is 2.74. The standard InChI is InChI=1S/C15H24BrN3OS/c1-12(11-20-2)19-15(17)18-9-5-6-10-21-14-8-4-3-7-13(14)16/h3-4,7-8,12H,5-6,9-11H2,1-2H3,(H3,17,18,19). The van der Waals surface area contributed by atoms with Crippen LogP contribution in [-0.2, 0) is 4.74 Å². The number of nitrogens with two attached hydrogens (primary N) is 1. The second-order valence-corrected chi connectivity index (χ2v) is 6.74. The summed E-state index contributed by atoms with van der Waals surface area (Å²) >= 11 is 5.42. The third kappa shape index (κ3) is 8.34. The maximum absolute atomic E-state index is 5.80. The van der Waals surface area contributed by atoms with Crippen LogP contribution >= 0.6 is 27.7 Å². The molecule has 0 aliphatic rings. The highest BCUT2D eigenvalue weighted by Crippen LogP contribution is 2.27. The number of unbranched alkanes of at least 4 members (excludes halogenated alkanes) is 1. The summed E-state index contributed by atoms with van der Waals surface area (Å²) in [5, 5.41) is 3.10. The number of aliphatic imine (C=N–C) groups is 1. The molecule has 0 aromatic heterocycles. The first-order valence-electron chi connectivity index (χ1n) is 7.06. The Labute approximate surface area is 140 Å². The Morgan fingerprint density at radius 3 is 2.90 bits per heavy atom. The number of nitrogens with one attached hydrogen (secondary N) is 1. The van der Waals surface area contributed by atoms with Gasteiger partial charge in [-0.3, -0.25) is 4.99 Å². The molecule has 0 spiro atoms. The molecule has 1 unspecified atom stereocenters. The third-order valence-corrected chi connectivity index (χ3v) is 4.85. The first-order chi connectivity index (χ1) is 10.1. The van der Waals surface area contributed by atoms with Crippen molar-refractivity contribution < 1.29 is 4.74 Å². The molecular formula is C15H24BrN3OS. The Bertz CT molecular complexity index is 443. The Morgan fingerprint density at radius 1 is 1.43 bits per heavy atom. The summed E-state index contributed by atoms with van der Waals surface area (Å²) in [6.07, 6.45) is 2.16. The number of hydrogen-bond acceptors (Lipinski definition) is 3. The largest absolute Gasteiger partial charge is 0.383 e. The zero-order valence-corrected chi connectivity index (χ0v) is 15.0. The van der Waals surface area contributed by atoms with Gasteiger partial charge in [0.2, 0.25) is 0 Å². The topological polar surface area (TPSA) is 59.6 Å². The molecule has 3 N–H and O–H groups in total. The molecule has 118 valence electrons. The van der Waals surface area contributed by atoms with Crippen molar-refractivity contribution in [1.29, 1.82) is 0 Å². The van der Waals surface area contributed by atoms with Crippen molar-refractivity contribution in [2.45, 2.75) is 30.7 Å². The van der Waals surface area contributed by atoms with Crippen molar-refractivity contribution in [2.24, 2.45) is 10.7 Å². The number of guanidine groups is 1. The van der Waals surface area contributed by atoms with E-state index in [9.17, 15) is 0 Å². The molecular weight excluding hydrogens is 350 g/mol. The number of rotatable bonds is 9. The molecule has 1 aromatic carbocycles. The maximum Gasteiger partial charge on any atom is 0.188 e. The first kappa shape index (κ1) is 18.3. The van der Waals surface area contributed by atoms with Gasteiger partial charge < -0.3 is 15.8 Å². The second kappa shape index (κ2) is 10.9. The average Bonchev–Trinajstić information content (AvgIpc) is 2.44. The van der Waals surface area contributed by atoms with E-state index < -0.39 is 0 Å². The van der Waals surface area contributed by atoms with E-state index in [2.05, 4.69) is 44.4 Å². The lowest BCUT2D eigenvalue weighted by Crippen LogP contribution is -2.40. The van der Waals surface area contributed by atoms with Crippen molar-refractivity contribution in [1.82, 2.24) is 5.32 Å². The highest BCUT2D eigenvalue weighted by atomic mass is 79.9. The van der Waals surface area contributed by atoms with E-state index in [4.69, 9.17) is 10.5 Å². The van der Waals surface area contributed by atoms with E-state index in [-0.39, 0.29) is 6.04 Å². The van der Waals surface area contributed by atoms with Gasteiger partial charge >= 0.3 is 0 Å². The molecule has 0 aliphatic heterocycles. The van der Waals surface area contributed by atoms with Gasteiger partial charge in [0.05, 0.1) is 6.61 Å². The molecule has 4 nitrogen and oxygen atoms in total. The van der Waals surface area contributed by atoms with Crippen LogP contribution < -0.4 is 11.1 Å². The van der Waals surface area contributed by atoms with Crippen molar-refractivity contribution in [3.63, 3.8) is 0 Å². The van der Waals surface area contributed by atoms with Gasteiger partial charge in [0.1, 0.15) is 0 Å². The summed E-state index contributed by atoms with van der Waals surface area (Å²) in [5.41, 5.74) is 5.80. The highest BCUT2D eigenvalue weighted by Gasteiger charge is 2.01. The van der Waals surface area contributed by atoms with Crippen LogP contribution in [0.2, 0.25) is 0 Å². The molecule has 0 amide bonds. The molecule has 21 heavy (non-hydrogen) atoms. The first-order valence-corrected chi connectivity index (χ1v) is 8.84. The Hall–Kier alpha value is -0.720. The molecule has 0 saturated heterocycles. The molecule has 0 saturated carbocycles. The van der Waals surface area contributed by atoms with E-state index in [0.29, 0.717) is 12.6 Å². The van der Waals surface area contributed by atoms with Gasteiger partial charge in [-0.25, -0.2) is 0 Å². The van der Waals surface area contributed by atoms with Crippen LogP contribution in [0.1, 0.15) is 19.8 Å². The van der Waals surface area contributed by atoms with Crippen LogP contribution in [0.5, 0.6) is 0 Å². The predicted octanol–water partition coefficient (Wildman–Crippen LogP) is 3.26. The number of thioether (sulfide) groups is 1. The van der Waals surface area contributed by atoms with Crippen molar-refractivity contribution in [2.75, 3.05) is 26.0 Å². The van der Waals surface area contributed by atoms with Crippen molar-refractivity contribution >= 4 is 33.7 Å². The van der Waals surface area contributed by atoms with Gasteiger partial charge in [0, 0.05) is 29.1 Å². The fourth-order valence-electron chi connectivity index (χ4n) is 1.75. The number of benzene rings is 1. The molecule has 1 aromatic rings. The molecule has 0 aliphatic carbocycles. The van der Waals surface area contributed by atoms with Gasteiger partial charge in [-0.15, -0.1) is 11.8 Å². The molecule has 0 fully saturated rings. The Morgan fingerprint density at radius 2 is 2.19 bits per heavy atom. The second-order valence-electron chi connectivity index (χ2n) is 4.75. The van der Waals surface area contributed by atoms with E-state index in [1.54, 1.807) is 7.11 Å². The zero-order chi connectivity index (χ0) is 15.5. The van der Waals surface area contributed by atoms with Crippen LogP contribution in [0.25, 0.3) is 0 Å². The van der Waals surface area contributed by atoms with Gasteiger partial charge in [0.15, 0.2) is 5.96 Å². The number of hydrogen-bond donors (Lipinski definition) is 2. The number of methoxy groups -OCH3 is 1. The van der Waals surface area contributed by atoms with E-state index in [1.807, 2.05) is 24.8 Å². The lowest BCUT2D eigenvalue weighted by Gasteiger charge is -2.12. The quantitative estimate of drug-likeness (QED) is 0.302. The molecule has 1 rings (SSSR count). The van der Waals surface area contributed by atoms with Crippen molar-refractivity contribution in [3.8, 4) is 0 Å². The van der Waals surface area contributed by atoms with Gasteiger partial charge in [0.25, 0.3) is 0 Å². The van der Waals surface area contributed by atoms with E-state index in [1.165, 1.54) is 4.90 Å². The SMILES string of the molecule is COCC(C)NC(N)=NCCCCSc1ccccc1Br. The number of nitrogens with zero attached hydrogens (tertiary/aromatic N) is 1. The minimum Gasteiger partial charge on any atom is -0.383 e. The summed E-state index contributed by atoms with van der Waals surface area (Å²) in [4.78, 5) is 5.61. The lowest BCUT2D eigenvalue weighted by molar-refractivity contribution is 0.179. The minimum absolute atomic E-state index is 0.185. The minimum atomic E-state index is 0.185. The molecule has 1 atom stereocenters. The highest BCUT2D eigenvalue weighted by molar-refractivity contribution is 9.10. The Kier molecular flexibility index (Phi) is 9.54. The van der Waals surface area contributed by atoms with Crippen LogP contribution in [-0.4, -0.2) is 38.0 Å². The molecule has 0 heterocycles. The normalized spacial score (nSPS) is 13.2. The summed E-state index contributed by atoms with van der Waals surface area (Å²) in [6, 6.07) is 8.48. The van der Waals surface area contributed by atoms with E-state index in [0.717, 1.165) is 29.6 Å². The molecule has 6 heteroatoms. The lowest BCUT2D eigenvalue weighted by atomic mass is 10.3. The van der Waals surface area contributed by atoms with E-state index >= 15 is 0 Å². The Balaban J connectivity index is 2.13. The monoisotopic (exact) mass is 373 g/mol. The number of ether oxygens (including phenoxy) is 1. The van der Waals surface area contributed by atoms with Gasteiger partial charge in [-0.2, -0.15) is 0 Å². The van der Waals surface area contributed by atoms with Crippen molar-refractivity contribution in [3.05, 3.63) is 28.7 Å². The maximum atomic E-state index is 5.80. The fraction of sp³-hybridized carbons (Fsp3) is 0.533. The summed E-state index contributed by atoms with van der Waals surface area (Å²) in [6.45, 7) is 3.40. The van der Waals surface area contributed by atoms with Gasteiger partial charge in [-0.05, 0) is 53.6 Å².